The van der Waals surface area contributed by atoms with E-state index in [1.54, 1.807) is 6.07 Å². The smallest absolute Gasteiger partial charge is 0.321 e. The van der Waals surface area contributed by atoms with Crippen LogP contribution in [0.15, 0.2) is 24.3 Å². The van der Waals surface area contributed by atoms with Gasteiger partial charge >= 0.3 is 6.03 Å². The third-order valence-corrected chi connectivity index (χ3v) is 5.67. The molecular weight excluding hydrogens is 334 g/mol. The van der Waals surface area contributed by atoms with Crippen molar-refractivity contribution in [3.63, 3.8) is 0 Å². The van der Waals surface area contributed by atoms with E-state index in [-0.39, 0.29) is 6.03 Å². The molecule has 1 N–H and O–H groups in total. The van der Waals surface area contributed by atoms with E-state index < -0.39 is 0 Å². The van der Waals surface area contributed by atoms with Crippen LogP contribution in [0.1, 0.15) is 33.1 Å². The average molecular weight is 364 g/mol. The van der Waals surface area contributed by atoms with Gasteiger partial charge in [0, 0.05) is 43.4 Å². The quantitative estimate of drug-likeness (QED) is 0.854. The van der Waals surface area contributed by atoms with E-state index in [0.29, 0.717) is 10.9 Å². The molecule has 1 aromatic rings. The molecule has 2 aliphatic rings. The fraction of sp³-hybridized carbons (Fsp3) is 0.650. The number of carbonyl (C=O) groups excluding carboxylic acids is 1. The number of likely N-dealkylation sites (tertiary alicyclic amines) is 2. The summed E-state index contributed by atoms with van der Waals surface area (Å²) in [7, 11) is 0. The maximum Gasteiger partial charge on any atom is 0.321 e. The number of piperidine rings is 2. The number of anilines is 1. The van der Waals surface area contributed by atoms with Crippen LogP contribution >= 0.6 is 11.6 Å². The molecule has 0 bridgehead atoms. The Morgan fingerprint density at radius 2 is 1.88 bits per heavy atom. The highest BCUT2D eigenvalue weighted by atomic mass is 35.5. The van der Waals surface area contributed by atoms with E-state index >= 15 is 0 Å². The van der Waals surface area contributed by atoms with Crippen LogP contribution in [0.2, 0.25) is 5.02 Å². The lowest BCUT2D eigenvalue weighted by molar-refractivity contribution is 0.101. The average Bonchev–Trinajstić information content (AvgIpc) is 2.54. The Morgan fingerprint density at radius 1 is 1.20 bits per heavy atom. The van der Waals surface area contributed by atoms with Crippen molar-refractivity contribution >= 4 is 23.3 Å². The number of nitrogens with one attached hydrogen (secondary N) is 1. The molecule has 2 fully saturated rings. The van der Waals surface area contributed by atoms with Crippen LogP contribution in [0, 0.1) is 17.8 Å². The van der Waals surface area contributed by atoms with E-state index in [4.69, 9.17) is 11.6 Å². The Balaban J connectivity index is 1.44. The van der Waals surface area contributed by atoms with Gasteiger partial charge < -0.3 is 15.1 Å². The van der Waals surface area contributed by atoms with Crippen LogP contribution in [0.4, 0.5) is 10.5 Å². The van der Waals surface area contributed by atoms with Crippen LogP contribution in [0.5, 0.6) is 0 Å². The van der Waals surface area contributed by atoms with Crippen molar-refractivity contribution in [3.8, 4) is 0 Å². The predicted octanol–water partition coefficient (Wildman–Crippen LogP) is 4.56. The minimum atomic E-state index is -0.0130. The Labute approximate surface area is 156 Å². The molecule has 0 radical (unpaired) electrons. The summed E-state index contributed by atoms with van der Waals surface area (Å²) in [5.74, 6) is 2.34. The zero-order valence-electron chi connectivity index (χ0n) is 15.4. The first-order valence-electron chi connectivity index (χ1n) is 9.53. The van der Waals surface area contributed by atoms with E-state index in [2.05, 4.69) is 24.1 Å². The lowest BCUT2D eigenvalue weighted by Gasteiger charge is -2.39. The lowest BCUT2D eigenvalue weighted by Crippen LogP contribution is -2.46. The Hall–Kier alpha value is -1.26. The van der Waals surface area contributed by atoms with Gasteiger partial charge in [0.1, 0.15) is 0 Å². The molecule has 2 unspecified atom stereocenters. The summed E-state index contributed by atoms with van der Waals surface area (Å²) in [5, 5.41) is 3.59. The van der Waals surface area contributed by atoms with Gasteiger partial charge in [-0.2, -0.15) is 0 Å². The van der Waals surface area contributed by atoms with Crippen molar-refractivity contribution in [3.05, 3.63) is 29.3 Å². The molecule has 2 heterocycles. The molecule has 0 spiro atoms. The van der Waals surface area contributed by atoms with Crippen molar-refractivity contribution in [1.82, 2.24) is 9.80 Å². The second kappa shape index (κ2) is 8.41. The highest BCUT2D eigenvalue weighted by Crippen LogP contribution is 2.25. The molecule has 4 nitrogen and oxygen atoms in total. The van der Waals surface area contributed by atoms with Crippen molar-refractivity contribution in [2.24, 2.45) is 17.8 Å². The minimum Gasteiger partial charge on any atom is -0.325 e. The molecule has 0 aromatic heterocycles. The summed E-state index contributed by atoms with van der Waals surface area (Å²) < 4.78 is 0. The van der Waals surface area contributed by atoms with Crippen molar-refractivity contribution in [1.29, 1.82) is 0 Å². The van der Waals surface area contributed by atoms with Gasteiger partial charge in [0.15, 0.2) is 0 Å². The molecule has 0 aliphatic carbocycles. The van der Waals surface area contributed by atoms with Crippen molar-refractivity contribution in [2.45, 2.75) is 33.1 Å². The molecule has 0 saturated carbocycles. The summed E-state index contributed by atoms with van der Waals surface area (Å²) in [6.45, 7) is 10.1. The van der Waals surface area contributed by atoms with Gasteiger partial charge in [0.05, 0.1) is 0 Å². The number of hydrogen-bond donors (Lipinski definition) is 1. The molecule has 5 heteroatoms. The zero-order chi connectivity index (χ0) is 17.8. The van der Waals surface area contributed by atoms with E-state index in [1.807, 2.05) is 23.1 Å². The highest BCUT2D eigenvalue weighted by molar-refractivity contribution is 6.30. The van der Waals surface area contributed by atoms with Gasteiger partial charge in [0.25, 0.3) is 0 Å². The normalized spacial score (nSPS) is 25.8. The molecule has 2 atom stereocenters. The molecular formula is C20H30ClN3O. The summed E-state index contributed by atoms with van der Waals surface area (Å²) in [6, 6.07) is 7.30. The molecule has 1 aromatic carbocycles. The molecule has 3 rings (SSSR count). The molecule has 2 saturated heterocycles. The van der Waals surface area contributed by atoms with Crippen LogP contribution < -0.4 is 5.32 Å². The fourth-order valence-corrected chi connectivity index (χ4v) is 4.58. The Bertz CT molecular complexity index is 576. The SMILES string of the molecule is CC1CC(C)CN(CC2CCN(C(=O)Nc3cccc(Cl)c3)CC2)C1. The van der Waals surface area contributed by atoms with Crippen LogP contribution in [-0.2, 0) is 0 Å². The Kier molecular flexibility index (Phi) is 6.24. The maximum atomic E-state index is 12.4. The summed E-state index contributed by atoms with van der Waals surface area (Å²) in [4.78, 5) is 17.0. The van der Waals surface area contributed by atoms with Gasteiger partial charge in [-0.3, -0.25) is 0 Å². The number of urea groups is 1. The first kappa shape index (κ1) is 18.5. The zero-order valence-corrected chi connectivity index (χ0v) is 16.1. The number of hydrogen-bond acceptors (Lipinski definition) is 2. The van der Waals surface area contributed by atoms with Gasteiger partial charge in [-0.25, -0.2) is 4.79 Å². The largest absolute Gasteiger partial charge is 0.325 e. The van der Waals surface area contributed by atoms with E-state index in [9.17, 15) is 4.79 Å². The number of halogens is 1. The third kappa shape index (κ3) is 5.35. The number of carbonyl (C=O) groups is 1. The number of nitrogens with zero attached hydrogens (tertiary/aromatic N) is 2. The summed E-state index contributed by atoms with van der Waals surface area (Å²) in [6.07, 6.45) is 3.56. The second-order valence-electron chi connectivity index (χ2n) is 8.04. The van der Waals surface area contributed by atoms with Gasteiger partial charge in [-0.15, -0.1) is 0 Å². The molecule has 25 heavy (non-hydrogen) atoms. The minimum absolute atomic E-state index is 0.0130. The fourth-order valence-electron chi connectivity index (χ4n) is 4.39. The van der Waals surface area contributed by atoms with E-state index in [1.165, 1.54) is 26.1 Å². The molecule has 138 valence electrons. The number of amides is 2. The number of rotatable bonds is 3. The topological polar surface area (TPSA) is 35.6 Å². The molecule has 2 amide bonds. The maximum absolute atomic E-state index is 12.4. The number of benzene rings is 1. The summed E-state index contributed by atoms with van der Waals surface area (Å²) in [5.41, 5.74) is 0.760. The van der Waals surface area contributed by atoms with Crippen LogP contribution in [-0.4, -0.2) is 48.6 Å². The van der Waals surface area contributed by atoms with E-state index in [0.717, 1.165) is 43.5 Å². The van der Waals surface area contributed by atoms with Gasteiger partial charge in [-0.05, 0) is 55.2 Å². The van der Waals surface area contributed by atoms with Crippen LogP contribution in [0.3, 0.4) is 0 Å². The molecule has 2 aliphatic heterocycles. The monoisotopic (exact) mass is 363 g/mol. The first-order valence-corrected chi connectivity index (χ1v) is 9.91. The predicted molar refractivity (Wildman–Crippen MR) is 104 cm³/mol. The standard InChI is InChI=1S/C20H30ClN3O/c1-15-10-16(2)13-23(12-15)14-17-6-8-24(9-7-17)20(25)22-19-5-3-4-18(21)11-19/h3-5,11,15-17H,6-10,12-14H2,1-2H3,(H,22,25). The highest BCUT2D eigenvalue weighted by Gasteiger charge is 2.27. The van der Waals surface area contributed by atoms with Gasteiger partial charge in [-0.1, -0.05) is 31.5 Å². The third-order valence-electron chi connectivity index (χ3n) is 5.44. The Morgan fingerprint density at radius 3 is 2.52 bits per heavy atom. The summed E-state index contributed by atoms with van der Waals surface area (Å²) >= 11 is 5.98. The van der Waals surface area contributed by atoms with Crippen molar-refractivity contribution in [2.75, 3.05) is 38.0 Å². The van der Waals surface area contributed by atoms with Crippen molar-refractivity contribution < 1.29 is 4.79 Å². The van der Waals surface area contributed by atoms with Gasteiger partial charge in [0.2, 0.25) is 0 Å². The lowest BCUT2D eigenvalue weighted by atomic mass is 9.89. The first-order chi connectivity index (χ1) is 12.0. The second-order valence-corrected chi connectivity index (χ2v) is 8.47. The van der Waals surface area contributed by atoms with Crippen LogP contribution in [0.25, 0.3) is 0 Å².